The zero-order valence-corrected chi connectivity index (χ0v) is 12.5. The number of amides is 1. The maximum Gasteiger partial charge on any atom is 0.221 e. The maximum atomic E-state index is 12.0. The van der Waals surface area contributed by atoms with Crippen molar-refractivity contribution in [2.45, 2.75) is 43.6 Å². The summed E-state index contributed by atoms with van der Waals surface area (Å²) in [4.78, 5) is 12.0. The molecule has 2 fully saturated rings. The van der Waals surface area contributed by atoms with Crippen molar-refractivity contribution in [2.75, 3.05) is 13.1 Å². The van der Waals surface area contributed by atoms with Crippen LogP contribution in [0.3, 0.4) is 0 Å². The van der Waals surface area contributed by atoms with Gasteiger partial charge < -0.3 is 10.6 Å². The molecule has 0 aromatic heterocycles. The van der Waals surface area contributed by atoms with Crippen LogP contribution in [0.25, 0.3) is 0 Å². The van der Waals surface area contributed by atoms with Crippen molar-refractivity contribution in [3.05, 3.63) is 35.9 Å². The molecule has 110 valence electrons. The van der Waals surface area contributed by atoms with E-state index in [4.69, 9.17) is 0 Å². The Bertz CT molecular complexity index is 439. The van der Waals surface area contributed by atoms with E-state index in [1.165, 1.54) is 24.8 Å². The second kappa shape index (κ2) is 6.59. The Hall–Kier alpha value is -1.06. The van der Waals surface area contributed by atoms with Gasteiger partial charge in [0.05, 0.1) is 0 Å². The summed E-state index contributed by atoms with van der Waals surface area (Å²) in [6.07, 6.45) is 5.35. The van der Waals surface area contributed by atoms with Crippen LogP contribution in [-0.2, 0) is 10.2 Å². The van der Waals surface area contributed by atoms with Crippen LogP contribution in [0.5, 0.6) is 0 Å². The van der Waals surface area contributed by atoms with Crippen LogP contribution in [0.1, 0.15) is 37.7 Å². The van der Waals surface area contributed by atoms with Gasteiger partial charge in [0.15, 0.2) is 0 Å². The number of carbonyl (C=O) groups is 1. The van der Waals surface area contributed by atoms with Crippen LogP contribution in [0, 0.1) is 0 Å². The largest absolute Gasteiger partial charge is 0.355 e. The molecule has 1 saturated carbocycles. The molecule has 2 aliphatic rings. The van der Waals surface area contributed by atoms with Crippen molar-refractivity contribution < 1.29 is 4.79 Å². The molecule has 1 heterocycles. The minimum absolute atomic E-state index is 0. The SMILES string of the molecule is Cl.O=C(CC1CCCN1)NCC1(c2ccccc2)CC1. The molecule has 3 rings (SSSR count). The molecule has 0 bridgehead atoms. The molecule has 1 aliphatic heterocycles. The maximum absolute atomic E-state index is 12.0. The van der Waals surface area contributed by atoms with Gasteiger partial charge in [-0.05, 0) is 37.8 Å². The summed E-state index contributed by atoms with van der Waals surface area (Å²) in [7, 11) is 0. The van der Waals surface area contributed by atoms with Gasteiger partial charge in [-0.1, -0.05) is 30.3 Å². The Kier molecular flexibility index (Phi) is 5.06. The van der Waals surface area contributed by atoms with Crippen LogP contribution in [-0.4, -0.2) is 25.0 Å². The molecular weight excluding hydrogens is 272 g/mol. The van der Waals surface area contributed by atoms with Gasteiger partial charge in [0.1, 0.15) is 0 Å². The predicted octanol–water partition coefficient (Wildman–Crippen LogP) is 2.40. The third-order valence-electron chi connectivity index (χ3n) is 4.46. The lowest BCUT2D eigenvalue weighted by molar-refractivity contribution is -0.121. The van der Waals surface area contributed by atoms with Gasteiger partial charge >= 0.3 is 0 Å². The Morgan fingerprint density at radius 3 is 2.65 bits per heavy atom. The van der Waals surface area contributed by atoms with E-state index in [0.29, 0.717) is 12.5 Å². The number of rotatable bonds is 5. The predicted molar refractivity (Wildman–Crippen MR) is 83.3 cm³/mol. The van der Waals surface area contributed by atoms with Crippen LogP contribution in [0.15, 0.2) is 30.3 Å². The lowest BCUT2D eigenvalue weighted by Gasteiger charge is -2.17. The van der Waals surface area contributed by atoms with E-state index >= 15 is 0 Å². The van der Waals surface area contributed by atoms with Gasteiger partial charge in [-0.15, -0.1) is 12.4 Å². The van der Waals surface area contributed by atoms with E-state index in [2.05, 4.69) is 34.9 Å². The third-order valence-corrected chi connectivity index (χ3v) is 4.46. The van der Waals surface area contributed by atoms with E-state index in [9.17, 15) is 4.79 Å². The number of nitrogens with one attached hydrogen (secondary N) is 2. The Morgan fingerprint density at radius 2 is 2.05 bits per heavy atom. The fourth-order valence-electron chi connectivity index (χ4n) is 3.00. The van der Waals surface area contributed by atoms with Crippen LogP contribution >= 0.6 is 12.4 Å². The van der Waals surface area contributed by atoms with E-state index in [1.54, 1.807) is 0 Å². The van der Waals surface area contributed by atoms with Crippen LogP contribution < -0.4 is 10.6 Å². The summed E-state index contributed by atoms with van der Waals surface area (Å²) in [5.41, 5.74) is 1.59. The molecule has 0 spiro atoms. The van der Waals surface area contributed by atoms with Gasteiger partial charge in [-0.3, -0.25) is 4.79 Å². The highest BCUT2D eigenvalue weighted by atomic mass is 35.5. The van der Waals surface area contributed by atoms with Crippen molar-refractivity contribution in [1.82, 2.24) is 10.6 Å². The molecule has 0 radical (unpaired) electrons. The zero-order valence-electron chi connectivity index (χ0n) is 11.7. The van der Waals surface area contributed by atoms with Crippen LogP contribution in [0.2, 0.25) is 0 Å². The van der Waals surface area contributed by atoms with Crippen molar-refractivity contribution in [2.24, 2.45) is 0 Å². The van der Waals surface area contributed by atoms with Gasteiger partial charge in [0.25, 0.3) is 0 Å². The third kappa shape index (κ3) is 3.53. The van der Waals surface area contributed by atoms with Gasteiger partial charge in [-0.2, -0.15) is 0 Å². The molecule has 20 heavy (non-hydrogen) atoms. The van der Waals surface area contributed by atoms with Crippen molar-refractivity contribution in [3.8, 4) is 0 Å². The first kappa shape index (κ1) is 15.3. The van der Waals surface area contributed by atoms with Gasteiger partial charge in [0, 0.05) is 24.4 Å². The van der Waals surface area contributed by atoms with Gasteiger partial charge in [0.2, 0.25) is 5.91 Å². The molecule has 3 nitrogen and oxygen atoms in total. The first-order chi connectivity index (χ1) is 9.28. The molecule has 1 aromatic rings. The quantitative estimate of drug-likeness (QED) is 0.875. The van der Waals surface area contributed by atoms with E-state index in [-0.39, 0.29) is 23.7 Å². The monoisotopic (exact) mass is 294 g/mol. The minimum atomic E-state index is 0. The topological polar surface area (TPSA) is 41.1 Å². The van der Waals surface area contributed by atoms with Crippen LogP contribution in [0.4, 0.5) is 0 Å². The number of carbonyl (C=O) groups excluding carboxylic acids is 1. The zero-order chi connectivity index (χ0) is 13.1. The second-order valence-electron chi connectivity index (χ2n) is 5.92. The van der Waals surface area contributed by atoms with Crippen molar-refractivity contribution >= 4 is 18.3 Å². The number of hydrogen-bond acceptors (Lipinski definition) is 2. The highest BCUT2D eigenvalue weighted by Crippen LogP contribution is 2.47. The highest BCUT2D eigenvalue weighted by molar-refractivity contribution is 5.85. The molecule has 4 heteroatoms. The lowest BCUT2D eigenvalue weighted by Crippen LogP contribution is -2.36. The average Bonchev–Trinajstić information content (AvgIpc) is 3.08. The first-order valence-electron chi connectivity index (χ1n) is 7.34. The summed E-state index contributed by atoms with van der Waals surface area (Å²) in [5.74, 6) is 0.196. The molecule has 1 unspecified atom stereocenters. The Labute approximate surface area is 126 Å². The Balaban J connectivity index is 0.00000147. The Morgan fingerprint density at radius 1 is 1.30 bits per heavy atom. The van der Waals surface area contributed by atoms with E-state index in [0.717, 1.165) is 19.5 Å². The van der Waals surface area contributed by atoms with E-state index in [1.807, 2.05) is 6.07 Å². The summed E-state index contributed by atoms with van der Waals surface area (Å²) < 4.78 is 0. The molecule has 1 saturated heterocycles. The minimum Gasteiger partial charge on any atom is -0.355 e. The average molecular weight is 295 g/mol. The fourth-order valence-corrected chi connectivity index (χ4v) is 3.00. The number of halogens is 1. The summed E-state index contributed by atoms with van der Waals surface area (Å²) >= 11 is 0. The molecule has 2 N–H and O–H groups in total. The molecule has 1 aliphatic carbocycles. The standard InChI is InChI=1S/C16H22N2O.ClH/c19-15(11-14-7-4-10-17-14)18-12-16(8-9-16)13-5-2-1-3-6-13;/h1-3,5-6,14,17H,4,7-12H2,(H,18,19);1H. The van der Waals surface area contributed by atoms with Gasteiger partial charge in [-0.25, -0.2) is 0 Å². The summed E-state index contributed by atoms with van der Waals surface area (Å²) in [6, 6.07) is 11.0. The smallest absolute Gasteiger partial charge is 0.221 e. The normalized spacial score (nSPS) is 22.9. The summed E-state index contributed by atoms with van der Waals surface area (Å²) in [6.45, 7) is 1.86. The fraction of sp³-hybridized carbons (Fsp3) is 0.562. The molecule has 1 aromatic carbocycles. The molecule has 1 atom stereocenters. The molecule has 1 amide bonds. The second-order valence-corrected chi connectivity index (χ2v) is 5.92. The summed E-state index contributed by atoms with van der Waals surface area (Å²) in [5, 5.41) is 6.50. The molecular formula is C16H23ClN2O. The lowest BCUT2D eigenvalue weighted by atomic mass is 9.96. The van der Waals surface area contributed by atoms with Crippen molar-refractivity contribution in [3.63, 3.8) is 0 Å². The first-order valence-corrected chi connectivity index (χ1v) is 7.34. The highest BCUT2D eigenvalue weighted by Gasteiger charge is 2.44. The number of benzene rings is 1. The van der Waals surface area contributed by atoms with Crippen molar-refractivity contribution in [1.29, 1.82) is 0 Å². The number of hydrogen-bond donors (Lipinski definition) is 2. The van der Waals surface area contributed by atoms with E-state index < -0.39 is 0 Å².